The van der Waals surface area contributed by atoms with Gasteiger partial charge in [-0.1, -0.05) is 0 Å². The zero-order chi connectivity index (χ0) is 20.0. The molecule has 27 heavy (non-hydrogen) atoms. The van der Waals surface area contributed by atoms with Crippen LogP contribution in [0.4, 0.5) is 10.5 Å². The smallest absolute Gasteiger partial charge is 0.343 e. The van der Waals surface area contributed by atoms with E-state index >= 15 is 0 Å². The van der Waals surface area contributed by atoms with Crippen LogP contribution in [0.1, 0.15) is 18.4 Å². The zero-order valence-corrected chi connectivity index (χ0v) is 16.3. The van der Waals surface area contributed by atoms with E-state index in [1.165, 1.54) is 7.11 Å². The quantitative estimate of drug-likeness (QED) is 0.792. The van der Waals surface area contributed by atoms with Crippen molar-refractivity contribution < 1.29 is 23.9 Å². The van der Waals surface area contributed by atoms with Gasteiger partial charge in [-0.05, 0) is 43.5 Å². The summed E-state index contributed by atoms with van der Waals surface area (Å²) in [6.45, 7) is 2.85. The molecule has 0 radical (unpaired) electrons. The molecule has 0 saturated carbocycles. The molecule has 8 heteroatoms. The van der Waals surface area contributed by atoms with Gasteiger partial charge in [-0.2, -0.15) is 0 Å². The van der Waals surface area contributed by atoms with Gasteiger partial charge < -0.3 is 24.6 Å². The molecule has 0 unspecified atom stereocenters. The molecule has 0 spiro atoms. The van der Waals surface area contributed by atoms with Crippen LogP contribution in [0.5, 0.6) is 5.75 Å². The minimum absolute atomic E-state index is 0.0211. The number of amides is 3. The van der Waals surface area contributed by atoms with Crippen molar-refractivity contribution in [3.63, 3.8) is 0 Å². The van der Waals surface area contributed by atoms with Crippen LogP contribution in [-0.4, -0.2) is 68.6 Å². The molecular formula is C19H27N3O5. The van der Waals surface area contributed by atoms with E-state index < -0.39 is 5.97 Å². The lowest BCUT2D eigenvalue weighted by atomic mass is 9.96. The lowest BCUT2D eigenvalue weighted by molar-refractivity contribution is -0.142. The number of nitrogens with one attached hydrogen (secondary N) is 1. The first-order valence-electron chi connectivity index (χ1n) is 8.89. The van der Waals surface area contributed by atoms with Gasteiger partial charge in [0.15, 0.2) is 6.61 Å². The maximum absolute atomic E-state index is 12.6. The molecule has 0 aromatic heterocycles. The van der Waals surface area contributed by atoms with Crippen molar-refractivity contribution in [3.05, 3.63) is 23.8 Å². The number of nitrogens with zero attached hydrogens (tertiary/aromatic N) is 2. The Kier molecular flexibility index (Phi) is 7.04. The first kappa shape index (κ1) is 20.5. The molecule has 0 atom stereocenters. The number of hydrogen-bond acceptors (Lipinski definition) is 5. The second-order valence-electron chi connectivity index (χ2n) is 6.77. The van der Waals surface area contributed by atoms with E-state index in [1.807, 2.05) is 6.92 Å². The summed E-state index contributed by atoms with van der Waals surface area (Å²) in [5.74, 6) is -0.0836. The number of piperidine rings is 1. The van der Waals surface area contributed by atoms with E-state index in [1.54, 1.807) is 42.1 Å². The number of carbonyl (C=O) groups excluding carboxylic acids is 3. The van der Waals surface area contributed by atoms with Crippen LogP contribution in [0.25, 0.3) is 0 Å². The van der Waals surface area contributed by atoms with E-state index in [-0.39, 0.29) is 24.5 Å². The lowest BCUT2D eigenvalue weighted by Gasteiger charge is -2.33. The number of benzene rings is 1. The SMILES string of the molecule is COC(=O)COc1ccc(NC(=O)C2CCN(C(=O)N(C)C)CC2)c(C)c1. The highest BCUT2D eigenvalue weighted by molar-refractivity contribution is 5.93. The third-order valence-corrected chi connectivity index (χ3v) is 4.56. The summed E-state index contributed by atoms with van der Waals surface area (Å²) < 4.78 is 9.87. The zero-order valence-electron chi connectivity index (χ0n) is 16.3. The third kappa shape index (κ3) is 5.60. The van der Waals surface area contributed by atoms with Gasteiger partial charge in [0.1, 0.15) is 5.75 Å². The van der Waals surface area contributed by atoms with Crippen molar-refractivity contribution in [1.82, 2.24) is 9.80 Å². The van der Waals surface area contributed by atoms with E-state index in [9.17, 15) is 14.4 Å². The molecule has 1 aliphatic heterocycles. The standard InChI is InChI=1S/C19H27N3O5/c1-13-11-15(27-12-17(23)26-4)5-6-16(13)20-18(24)14-7-9-22(10-8-14)19(25)21(2)3/h5-6,11,14H,7-10,12H2,1-4H3,(H,20,24). The number of urea groups is 1. The van der Waals surface area contributed by atoms with Crippen molar-refractivity contribution in [3.8, 4) is 5.75 Å². The highest BCUT2D eigenvalue weighted by atomic mass is 16.6. The molecule has 1 saturated heterocycles. The van der Waals surface area contributed by atoms with Crippen molar-refractivity contribution >= 4 is 23.6 Å². The first-order chi connectivity index (χ1) is 12.8. The summed E-state index contributed by atoms with van der Waals surface area (Å²) in [5, 5.41) is 2.95. The molecule has 8 nitrogen and oxygen atoms in total. The highest BCUT2D eigenvalue weighted by Gasteiger charge is 2.28. The van der Waals surface area contributed by atoms with Crippen molar-refractivity contribution in [2.45, 2.75) is 19.8 Å². The monoisotopic (exact) mass is 377 g/mol. The Balaban J connectivity index is 1.89. The van der Waals surface area contributed by atoms with Crippen LogP contribution in [0, 0.1) is 12.8 Å². The van der Waals surface area contributed by atoms with Crippen LogP contribution >= 0.6 is 0 Å². The largest absolute Gasteiger partial charge is 0.482 e. The second kappa shape index (κ2) is 9.25. The second-order valence-corrected chi connectivity index (χ2v) is 6.77. The van der Waals surface area contributed by atoms with Gasteiger partial charge in [-0.15, -0.1) is 0 Å². The number of likely N-dealkylation sites (tertiary alicyclic amines) is 1. The third-order valence-electron chi connectivity index (χ3n) is 4.56. The molecule has 1 N–H and O–H groups in total. The van der Waals surface area contributed by atoms with Crippen LogP contribution in [-0.2, 0) is 14.3 Å². The Labute approximate surface area is 159 Å². The summed E-state index contributed by atoms with van der Waals surface area (Å²) in [6, 6.07) is 5.19. The molecule has 0 aliphatic carbocycles. The predicted octanol–water partition coefficient (Wildman–Crippen LogP) is 1.88. The van der Waals surface area contributed by atoms with Gasteiger partial charge >= 0.3 is 12.0 Å². The van der Waals surface area contributed by atoms with Gasteiger partial charge in [-0.25, -0.2) is 9.59 Å². The molecule has 2 rings (SSSR count). The average Bonchev–Trinajstić information content (AvgIpc) is 2.67. The fourth-order valence-corrected chi connectivity index (χ4v) is 2.92. The number of ether oxygens (including phenoxy) is 2. The van der Waals surface area contributed by atoms with Gasteiger partial charge in [0.05, 0.1) is 7.11 Å². The fourth-order valence-electron chi connectivity index (χ4n) is 2.92. The van der Waals surface area contributed by atoms with Gasteiger partial charge in [0, 0.05) is 38.8 Å². The number of methoxy groups -OCH3 is 1. The maximum Gasteiger partial charge on any atom is 0.343 e. The van der Waals surface area contributed by atoms with E-state index in [0.717, 1.165) is 5.56 Å². The molecule has 148 valence electrons. The Bertz CT molecular complexity index is 697. The van der Waals surface area contributed by atoms with Gasteiger partial charge in [0.2, 0.25) is 5.91 Å². The average molecular weight is 377 g/mol. The predicted molar refractivity (Wildman–Crippen MR) is 101 cm³/mol. The molecule has 3 amide bonds. The minimum Gasteiger partial charge on any atom is -0.482 e. The normalized spacial score (nSPS) is 14.4. The van der Waals surface area contributed by atoms with Gasteiger partial charge in [0.25, 0.3) is 0 Å². The number of aryl methyl sites for hydroxylation is 1. The molecule has 0 bridgehead atoms. The summed E-state index contributed by atoms with van der Waals surface area (Å²) >= 11 is 0. The molecular weight excluding hydrogens is 350 g/mol. The number of esters is 1. The number of carbonyl (C=O) groups is 3. The highest BCUT2D eigenvalue weighted by Crippen LogP contribution is 2.24. The van der Waals surface area contributed by atoms with Crippen LogP contribution in [0.3, 0.4) is 0 Å². The minimum atomic E-state index is -0.455. The van der Waals surface area contributed by atoms with Crippen LogP contribution in [0.2, 0.25) is 0 Å². The Hall–Kier alpha value is -2.77. The molecule has 1 aromatic rings. The van der Waals surface area contributed by atoms with E-state index in [2.05, 4.69) is 10.1 Å². The fraction of sp³-hybridized carbons (Fsp3) is 0.526. The molecule has 1 heterocycles. The van der Waals surface area contributed by atoms with Crippen LogP contribution < -0.4 is 10.1 Å². The van der Waals surface area contributed by atoms with E-state index in [4.69, 9.17) is 4.74 Å². The topological polar surface area (TPSA) is 88.2 Å². The number of anilines is 1. The summed E-state index contributed by atoms with van der Waals surface area (Å²) in [4.78, 5) is 39.0. The number of rotatable bonds is 5. The summed E-state index contributed by atoms with van der Waals surface area (Å²) in [5.41, 5.74) is 1.54. The lowest BCUT2D eigenvalue weighted by Crippen LogP contribution is -2.45. The van der Waals surface area contributed by atoms with Crippen molar-refractivity contribution in [2.24, 2.45) is 5.92 Å². The summed E-state index contributed by atoms with van der Waals surface area (Å²) in [6.07, 6.45) is 1.29. The molecule has 1 aliphatic rings. The van der Waals surface area contributed by atoms with Crippen molar-refractivity contribution in [1.29, 1.82) is 0 Å². The number of hydrogen-bond donors (Lipinski definition) is 1. The first-order valence-corrected chi connectivity index (χ1v) is 8.89. The Morgan fingerprint density at radius 1 is 1.22 bits per heavy atom. The summed E-state index contributed by atoms with van der Waals surface area (Å²) in [7, 11) is 4.75. The Morgan fingerprint density at radius 3 is 2.44 bits per heavy atom. The van der Waals surface area contributed by atoms with Crippen LogP contribution in [0.15, 0.2) is 18.2 Å². The maximum atomic E-state index is 12.6. The van der Waals surface area contributed by atoms with Crippen molar-refractivity contribution in [2.75, 3.05) is 46.2 Å². The Morgan fingerprint density at radius 2 is 1.89 bits per heavy atom. The van der Waals surface area contributed by atoms with Gasteiger partial charge in [-0.3, -0.25) is 4.79 Å². The molecule has 1 fully saturated rings. The molecule has 1 aromatic carbocycles. The van der Waals surface area contributed by atoms with E-state index in [0.29, 0.717) is 37.4 Å².